The third-order valence-electron chi connectivity index (χ3n) is 12.9. The zero-order chi connectivity index (χ0) is 41.6. The molecule has 10 aromatic carbocycles. The second-order valence-corrected chi connectivity index (χ2v) is 17.2. The van der Waals surface area contributed by atoms with Gasteiger partial charge in [-0.15, -0.1) is 0 Å². The topological polar surface area (TPSA) is 32.8 Å². The molecule has 0 fully saturated rings. The van der Waals surface area contributed by atoms with Gasteiger partial charge in [0.25, 0.3) is 0 Å². The third kappa shape index (κ3) is 5.39. The Kier molecular flexibility index (Phi) is 8.20. The van der Waals surface area contributed by atoms with Gasteiger partial charge in [-0.25, -0.2) is 0 Å². The number of furan rings is 2. The molecule has 0 radical (unpaired) electrons. The molecule has 2 heterocycles. The molecular weight excluding hydrogens is 757 g/mol. The van der Waals surface area contributed by atoms with Crippen molar-refractivity contribution in [2.75, 3.05) is 9.80 Å². The Hall–Kier alpha value is -7.56. The Morgan fingerprint density at radius 3 is 1.13 bits per heavy atom. The normalized spacial score (nSPS) is 12.2. The van der Waals surface area contributed by atoms with Crippen molar-refractivity contribution in [1.29, 1.82) is 0 Å². The molecule has 12 aromatic rings. The van der Waals surface area contributed by atoms with Crippen molar-refractivity contribution in [2.24, 2.45) is 0 Å². The molecule has 0 bridgehead atoms. The van der Waals surface area contributed by atoms with Crippen molar-refractivity contribution in [3.63, 3.8) is 0 Å². The van der Waals surface area contributed by atoms with Gasteiger partial charge < -0.3 is 18.6 Å². The van der Waals surface area contributed by atoms with Crippen LogP contribution in [-0.2, 0) is 0 Å². The maximum Gasteiger partial charge on any atom is 0.159 e. The van der Waals surface area contributed by atoms with E-state index in [4.69, 9.17) is 8.83 Å². The Balaban J connectivity index is 1.21. The smallest absolute Gasteiger partial charge is 0.159 e. The maximum atomic E-state index is 6.77. The van der Waals surface area contributed by atoms with Crippen LogP contribution in [-0.4, -0.2) is 0 Å². The lowest BCUT2D eigenvalue weighted by molar-refractivity contribution is 0.669. The van der Waals surface area contributed by atoms with Crippen molar-refractivity contribution in [3.05, 3.63) is 193 Å². The molecule has 4 heteroatoms. The summed E-state index contributed by atoms with van der Waals surface area (Å²) in [7, 11) is 0. The summed E-state index contributed by atoms with van der Waals surface area (Å²) in [6.07, 6.45) is 0. The average Bonchev–Trinajstić information content (AvgIpc) is 3.89. The van der Waals surface area contributed by atoms with E-state index < -0.39 is 0 Å². The third-order valence-corrected chi connectivity index (χ3v) is 12.9. The van der Waals surface area contributed by atoms with Crippen LogP contribution in [0.3, 0.4) is 0 Å². The summed E-state index contributed by atoms with van der Waals surface area (Å²) in [5, 5.41) is 12.0. The van der Waals surface area contributed by atoms with Gasteiger partial charge >= 0.3 is 0 Å². The minimum Gasteiger partial charge on any atom is -0.454 e. The van der Waals surface area contributed by atoms with E-state index in [2.05, 4.69) is 207 Å². The van der Waals surface area contributed by atoms with Gasteiger partial charge in [0, 0.05) is 43.7 Å². The zero-order valence-corrected chi connectivity index (χ0v) is 35.2. The van der Waals surface area contributed by atoms with Crippen LogP contribution in [0, 0.1) is 0 Å². The molecule has 0 aliphatic heterocycles. The quantitative estimate of drug-likeness (QED) is 0.143. The second kappa shape index (κ2) is 14.0. The molecule has 0 aliphatic carbocycles. The van der Waals surface area contributed by atoms with E-state index in [9.17, 15) is 0 Å². The number of nitrogens with zero attached hydrogens (tertiary/aromatic N) is 2. The van der Waals surface area contributed by atoms with Crippen molar-refractivity contribution in [2.45, 2.75) is 39.5 Å². The van der Waals surface area contributed by atoms with Crippen molar-refractivity contribution in [1.82, 2.24) is 0 Å². The monoisotopic (exact) mass is 800 g/mol. The maximum absolute atomic E-state index is 6.77. The average molecular weight is 801 g/mol. The number of anilines is 6. The zero-order valence-electron chi connectivity index (χ0n) is 35.2. The van der Waals surface area contributed by atoms with Crippen molar-refractivity contribution in [3.8, 4) is 0 Å². The van der Waals surface area contributed by atoms with Gasteiger partial charge in [-0.05, 0) is 117 Å². The summed E-state index contributed by atoms with van der Waals surface area (Å²) < 4.78 is 13.5. The molecule has 0 saturated carbocycles. The van der Waals surface area contributed by atoms with Crippen LogP contribution in [0.15, 0.2) is 191 Å². The highest BCUT2D eigenvalue weighted by Gasteiger charge is 2.28. The van der Waals surface area contributed by atoms with Gasteiger partial charge in [-0.2, -0.15) is 0 Å². The molecule has 0 unspecified atom stereocenters. The van der Waals surface area contributed by atoms with E-state index in [-0.39, 0.29) is 11.8 Å². The highest BCUT2D eigenvalue weighted by atomic mass is 16.3. The van der Waals surface area contributed by atoms with Crippen LogP contribution < -0.4 is 9.80 Å². The van der Waals surface area contributed by atoms with E-state index in [0.29, 0.717) is 0 Å². The fraction of sp³-hybridized carbons (Fsp3) is 0.103. The SMILES string of the molecule is CC(C)c1cc2c(N(c3ccccc3)c3cccc4c3oc3ccccc34)ccc3c(C(C)C)cc4c(N(c5ccccc5)c5cccc6c5oc5ccccc56)ccc1c4c32. The molecule has 62 heavy (non-hydrogen) atoms. The van der Waals surface area contributed by atoms with Crippen LogP contribution in [0.5, 0.6) is 0 Å². The summed E-state index contributed by atoms with van der Waals surface area (Å²) in [6.45, 7) is 9.28. The van der Waals surface area contributed by atoms with Gasteiger partial charge in [0.1, 0.15) is 11.2 Å². The van der Waals surface area contributed by atoms with Crippen LogP contribution in [0.1, 0.15) is 50.7 Å². The van der Waals surface area contributed by atoms with Crippen molar-refractivity contribution >= 4 is 110 Å². The first-order chi connectivity index (χ1) is 30.4. The molecule has 12 rings (SSSR count). The molecule has 0 N–H and O–H groups in total. The lowest BCUT2D eigenvalue weighted by Gasteiger charge is -2.31. The minimum atomic E-state index is 0.267. The Morgan fingerprint density at radius 1 is 0.323 bits per heavy atom. The van der Waals surface area contributed by atoms with Gasteiger partial charge in [0.2, 0.25) is 0 Å². The molecule has 0 atom stereocenters. The van der Waals surface area contributed by atoms with Crippen LogP contribution in [0.2, 0.25) is 0 Å². The lowest BCUT2D eigenvalue weighted by Crippen LogP contribution is -2.12. The highest BCUT2D eigenvalue weighted by Crippen LogP contribution is 2.52. The summed E-state index contributed by atoms with van der Waals surface area (Å²) in [4.78, 5) is 4.82. The highest BCUT2D eigenvalue weighted by molar-refractivity contribution is 6.30. The Bertz CT molecular complexity index is 3410. The number of hydrogen-bond donors (Lipinski definition) is 0. The Morgan fingerprint density at radius 2 is 0.710 bits per heavy atom. The summed E-state index contributed by atoms with van der Waals surface area (Å²) in [5.74, 6) is 0.534. The molecule has 298 valence electrons. The molecule has 0 saturated heterocycles. The number of fused-ring (bicyclic) bond motifs is 6. The van der Waals surface area contributed by atoms with E-state index in [1.165, 1.54) is 43.4 Å². The van der Waals surface area contributed by atoms with Gasteiger partial charge in [-0.3, -0.25) is 0 Å². The van der Waals surface area contributed by atoms with Gasteiger partial charge in [0.05, 0.1) is 22.7 Å². The van der Waals surface area contributed by atoms with Crippen LogP contribution in [0.4, 0.5) is 34.1 Å². The molecular formula is C58H44N2O2. The van der Waals surface area contributed by atoms with Crippen LogP contribution in [0.25, 0.3) is 76.2 Å². The van der Waals surface area contributed by atoms with Crippen molar-refractivity contribution < 1.29 is 8.83 Å². The van der Waals surface area contributed by atoms with Gasteiger partial charge in [-0.1, -0.05) is 137 Å². The predicted molar refractivity (Wildman–Crippen MR) is 262 cm³/mol. The lowest BCUT2D eigenvalue weighted by atomic mass is 9.83. The summed E-state index contributed by atoms with van der Waals surface area (Å²) >= 11 is 0. The van der Waals surface area contributed by atoms with E-state index >= 15 is 0 Å². The Labute approximate surface area is 360 Å². The second-order valence-electron chi connectivity index (χ2n) is 17.2. The molecule has 0 aliphatic rings. The first kappa shape index (κ1) is 36.3. The van der Waals surface area contributed by atoms with E-state index in [1.54, 1.807) is 0 Å². The summed E-state index contributed by atoms with van der Waals surface area (Å²) in [5.41, 5.74) is 12.5. The van der Waals surface area contributed by atoms with Gasteiger partial charge in [0.15, 0.2) is 11.2 Å². The predicted octanol–water partition coefficient (Wildman–Crippen LogP) is 17.6. The number of rotatable bonds is 8. The number of benzene rings is 10. The number of para-hydroxylation sites is 6. The fourth-order valence-corrected chi connectivity index (χ4v) is 10.1. The van der Waals surface area contributed by atoms with E-state index in [1.807, 2.05) is 12.1 Å². The fourth-order valence-electron chi connectivity index (χ4n) is 10.1. The summed E-state index contributed by atoms with van der Waals surface area (Å²) in [6, 6.07) is 65.7. The standard InChI is InChI=1S/C58H44N2O2/c1-35(2)45-33-47-49(59(37-17-7-5-8-18-37)51-25-15-23-43-39-21-11-13-27-53(39)61-57(43)51)32-30-42-46(36(3)4)34-48-50(31-29-41(45)55(48)56(42)47)60(38-19-9-6-10-20-38)52-26-16-24-44-40-22-12-14-28-54(40)62-58(44)52/h5-36H,1-4H3. The minimum absolute atomic E-state index is 0.267. The molecule has 4 nitrogen and oxygen atoms in total. The number of hydrogen-bond acceptors (Lipinski definition) is 4. The largest absolute Gasteiger partial charge is 0.454 e. The van der Waals surface area contributed by atoms with E-state index in [0.717, 1.165) is 78.0 Å². The molecule has 2 aromatic heterocycles. The molecule has 0 amide bonds. The molecule has 0 spiro atoms. The first-order valence-electron chi connectivity index (χ1n) is 21.7. The first-order valence-corrected chi connectivity index (χ1v) is 21.7. The van der Waals surface area contributed by atoms with Crippen LogP contribution >= 0.6 is 0 Å².